The van der Waals surface area contributed by atoms with Crippen molar-refractivity contribution >= 4 is 0 Å². The molecule has 0 N–H and O–H groups in total. The van der Waals surface area contributed by atoms with Crippen LogP contribution in [0.2, 0.25) is 0 Å². The number of hydrogen-bond donors (Lipinski definition) is 0. The third kappa shape index (κ3) is 1.50. The SMILES string of the molecule is COC[C@@H]1CC[C@H]2CCCCN21. The van der Waals surface area contributed by atoms with Crippen molar-refractivity contribution in [3.05, 3.63) is 0 Å². The normalized spacial score (nSPS) is 36.8. The van der Waals surface area contributed by atoms with E-state index in [1.807, 2.05) is 7.11 Å². The summed E-state index contributed by atoms with van der Waals surface area (Å²) in [4.78, 5) is 2.67. The lowest BCUT2D eigenvalue weighted by molar-refractivity contribution is 0.0799. The Morgan fingerprint density at radius 2 is 2.17 bits per heavy atom. The quantitative estimate of drug-likeness (QED) is 0.623. The highest BCUT2D eigenvalue weighted by Gasteiger charge is 2.34. The van der Waals surface area contributed by atoms with Gasteiger partial charge in [0.1, 0.15) is 0 Å². The van der Waals surface area contributed by atoms with E-state index in [0.29, 0.717) is 0 Å². The van der Waals surface area contributed by atoms with Crippen molar-refractivity contribution < 1.29 is 4.74 Å². The van der Waals surface area contributed by atoms with Gasteiger partial charge in [-0.15, -0.1) is 0 Å². The van der Waals surface area contributed by atoms with Crippen LogP contribution in [-0.2, 0) is 4.74 Å². The Morgan fingerprint density at radius 1 is 1.25 bits per heavy atom. The highest BCUT2D eigenvalue weighted by molar-refractivity contribution is 4.89. The second kappa shape index (κ2) is 3.75. The Kier molecular flexibility index (Phi) is 2.66. The van der Waals surface area contributed by atoms with Gasteiger partial charge in [0.25, 0.3) is 0 Å². The fraction of sp³-hybridized carbons (Fsp3) is 1.00. The number of nitrogens with zero attached hydrogens (tertiary/aromatic N) is 1. The van der Waals surface area contributed by atoms with E-state index in [1.54, 1.807) is 0 Å². The molecule has 0 aromatic heterocycles. The average molecular weight is 169 g/mol. The first-order chi connectivity index (χ1) is 5.92. The number of hydrogen-bond acceptors (Lipinski definition) is 2. The molecule has 12 heavy (non-hydrogen) atoms. The minimum atomic E-state index is 0.736. The van der Waals surface area contributed by atoms with Gasteiger partial charge in [0.15, 0.2) is 0 Å². The molecule has 2 heteroatoms. The first-order valence-electron chi connectivity index (χ1n) is 5.16. The van der Waals surface area contributed by atoms with E-state index < -0.39 is 0 Å². The third-order valence-electron chi connectivity index (χ3n) is 3.33. The first kappa shape index (κ1) is 8.52. The zero-order chi connectivity index (χ0) is 8.39. The second-order valence-corrected chi connectivity index (χ2v) is 4.07. The fourth-order valence-electron chi connectivity index (χ4n) is 2.74. The van der Waals surface area contributed by atoms with Crippen molar-refractivity contribution in [2.45, 2.75) is 44.2 Å². The Balaban J connectivity index is 1.92. The van der Waals surface area contributed by atoms with Gasteiger partial charge in [-0.3, -0.25) is 4.90 Å². The lowest BCUT2D eigenvalue weighted by Gasteiger charge is -2.33. The van der Waals surface area contributed by atoms with E-state index in [2.05, 4.69) is 4.90 Å². The summed E-state index contributed by atoms with van der Waals surface area (Å²) in [6.07, 6.45) is 7.05. The number of ether oxygens (including phenoxy) is 1. The molecule has 0 aliphatic carbocycles. The summed E-state index contributed by atoms with van der Waals surface area (Å²) in [6, 6.07) is 1.64. The molecule has 2 rings (SSSR count). The van der Waals surface area contributed by atoms with Crippen LogP contribution in [0.1, 0.15) is 32.1 Å². The molecule has 70 valence electrons. The van der Waals surface area contributed by atoms with Crippen molar-refractivity contribution in [2.24, 2.45) is 0 Å². The van der Waals surface area contributed by atoms with Crippen LogP contribution < -0.4 is 0 Å². The van der Waals surface area contributed by atoms with E-state index in [0.717, 1.165) is 18.7 Å². The number of fused-ring (bicyclic) bond motifs is 1. The molecule has 0 spiro atoms. The maximum absolute atomic E-state index is 5.23. The van der Waals surface area contributed by atoms with Crippen molar-refractivity contribution in [3.8, 4) is 0 Å². The minimum Gasteiger partial charge on any atom is -0.383 e. The van der Waals surface area contributed by atoms with Crippen molar-refractivity contribution in [1.29, 1.82) is 0 Å². The van der Waals surface area contributed by atoms with Crippen molar-refractivity contribution in [1.82, 2.24) is 4.90 Å². The standard InChI is InChI=1S/C10H19NO/c1-12-8-10-6-5-9-4-2-3-7-11(9)10/h9-10H,2-8H2,1H3/t9-,10+/m1/s1. The van der Waals surface area contributed by atoms with Crippen LogP contribution in [0.25, 0.3) is 0 Å². The van der Waals surface area contributed by atoms with Crippen LogP contribution in [0, 0.1) is 0 Å². The van der Waals surface area contributed by atoms with Gasteiger partial charge in [-0.1, -0.05) is 6.42 Å². The van der Waals surface area contributed by atoms with Gasteiger partial charge in [-0.25, -0.2) is 0 Å². The monoisotopic (exact) mass is 169 g/mol. The highest BCUT2D eigenvalue weighted by atomic mass is 16.5. The van der Waals surface area contributed by atoms with Crippen molar-refractivity contribution in [2.75, 3.05) is 20.3 Å². The van der Waals surface area contributed by atoms with Gasteiger partial charge in [-0.05, 0) is 32.2 Å². The van der Waals surface area contributed by atoms with E-state index in [-0.39, 0.29) is 0 Å². The lowest BCUT2D eigenvalue weighted by Crippen LogP contribution is -2.41. The second-order valence-electron chi connectivity index (χ2n) is 4.07. The van der Waals surface area contributed by atoms with Gasteiger partial charge in [0.2, 0.25) is 0 Å². The summed E-state index contributed by atoms with van der Waals surface area (Å²) in [6.45, 7) is 2.26. The summed E-state index contributed by atoms with van der Waals surface area (Å²) in [5, 5.41) is 0. The lowest BCUT2D eigenvalue weighted by atomic mass is 10.0. The third-order valence-corrected chi connectivity index (χ3v) is 3.33. The average Bonchev–Trinajstić information content (AvgIpc) is 2.50. The Labute approximate surface area is 74.9 Å². The Bertz CT molecular complexity index is 149. The van der Waals surface area contributed by atoms with Gasteiger partial charge in [0, 0.05) is 19.2 Å². The van der Waals surface area contributed by atoms with Crippen LogP contribution in [-0.4, -0.2) is 37.2 Å². The van der Waals surface area contributed by atoms with Crippen molar-refractivity contribution in [3.63, 3.8) is 0 Å². The van der Waals surface area contributed by atoms with Gasteiger partial charge in [-0.2, -0.15) is 0 Å². The van der Waals surface area contributed by atoms with Gasteiger partial charge >= 0.3 is 0 Å². The van der Waals surface area contributed by atoms with E-state index in [9.17, 15) is 0 Å². The first-order valence-corrected chi connectivity index (χ1v) is 5.16. The predicted molar refractivity (Wildman–Crippen MR) is 49.2 cm³/mol. The Hall–Kier alpha value is -0.0800. The molecule has 2 fully saturated rings. The molecule has 0 saturated carbocycles. The Morgan fingerprint density at radius 3 is 3.00 bits per heavy atom. The zero-order valence-electron chi connectivity index (χ0n) is 7.96. The summed E-state index contributed by atoms with van der Waals surface area (Å²) in [7, 11) is 1.82. The smallest absolute Gasteiger partial charge is 0.0618 e. The van der Waals surface area contributed by atoms with E-state index >= 15 is 0 Å². The molecule has 2 nitrogen and oxygen atoms in total. The fourth-order valence-corrected chi connectivity index (χ4v) is 2.74. The summed E-state index contributed by atoms with van der Waals surface area (Å²) in [5.41, 5.74) is 0. The topological polar surface area (TPSA) is 12.5 Å². The van der Waals surface area contributed by atoms with Gasteiger partial charge in [0.05, 0.1) is 6.61 Å². The summed E-state index contributed by atoms with van der Waals surface area (Å²) < 4.78 is 5.23. The molecule has 0 amide bonds. The molecule has 2 heterocycles. The van der Waals surface area contributed by atoms with Gasteiger partial charge < -0.3 is 4.74 Å². The zero-order valence-corrected chi connectivity index (χ0v) is 7.96. The van der Waals surface area contributed by atoms with Crippen LogP contribution in [0.15, 0.2) is 0 Å². The molecule has 2 aliphatic rings. The van der Waals surface area contributed by atoms with Crippen LogP contribution >= 0.6 is 0 Å². The minimum absolute atomic E-state index is 0.736. The van der Waals surface area contributed by atoms with E-state index in [1.165, 1.54) is 38.6 Å². The molecule has 0 bridgehead atoms. The number of rotatable bonds is 2. The van der Waals surface area contributed by atoms with Crippen LogP contribution in [0.3, 0.4) is 0 Å². The summed E-state index contributed by atoms with van der Waals surface area (Å²) in [5.74, 6) is 0. The maximum Gasteiger partial charge on any atom is 0.0618 e. The largest absolute Gasteiger partial charge is 0.383 e. The van der Waals surface area contributed by atoms with E-state index in [4.69, 9.17) is 4.74 Å². The molecule has 0 radical (unpaired) electrons. The molecule has 0 aromatic carbocycles. The molecule has 2 aliphatic heterocycles. The molecular formula is C10H19NO. The number of methoxy groups -OCH3 is 1. The van der Waals surface area contributed by atoms with Crippen LogP contribution in [0.4, 0.5) is 0 Å². The highest BCUT2D eigenvalue weighted by Crippen LogP contribution is 2.31. The predicted octanol–water partition coefficient (Wildman–Crippen LogP) is 1.65. The molecular weight excluding hydrogens is 150 g/mol. The molecule has 0 aromatic rings. The van der Waals surface area contributed by atoms with Crippen LogP contribution in [0.5, 0.6) is 0 Å². The summed E-state index contributed by atoms with van der Waals surface area (Å²) >= 11 is 0. The maximum atomic E-state index is 5.23. The molecule has 2 atom stereocenters. The molecule has 2 saturated heterocycles. The number of piperidine rings is 1. The molecule has 0 unspecified atom stereocenters.